The number of azo groups is 1. The summed E-state index contributed by atoms with van der Waals surface area (Å²) in [6.45, 7) is 4.81. The smallest absolute Gasteiger partial charge is 0.255 e. The number of hydrogen-bond acceptors (Lipinski definition) is 6. The number of rotatable bonds is 11. The number of likely N-dealkylation sites (N-methyl/N-ethyl adjacent to an activating group) is 1. The average molecular weight is 502 g/mol. The van der Waals surface area contributed by atoms with Gasteiger partial charge in [0.05, 0.1) is 17.9 Å². The average Bonchev–Trinajstić information content (AvgIpc) is 2.92. The van der Waals surface area contributed by atoms with E-state index in [0.717, 1.165) is 17.8 Å². The molecule has 0 aromatic heterocycles. The molecular formula is C29H35N5O3. The monoisotopic (exact) mass is 501 g/mol. The number of nitrogens with zero attached hydrogens (tertiary/aromatic N) is 4. The summed E-state index contributed by atoms with van der Waals surface area (Å²) in [7, 11) is 5.76. The van der Waals surface area contributed by atoms with Gasteiger partial charge in [-0.2, -0.15) is 10.2 Å². The molecule has 0 saturated heterocycles. The second-order valence-electron chi connectivity index (χ2n) is 9.05. The summed E-state index contributed by atoms with van der Waals surface area (Å²) in [6.07, 6.45) is 0.815. The van der Waals surface area contributed by atoms with E-state index < -0.39 is 0 Å². The lowest BCUT2D eigenvalue weighted by molar-refractivity contribution is -0.134. The van der Waals surface area contributed by atoms with Crippen LogP contribution < -0.4 is 15.0 Å². The fraction of sp³-hybridized carbons (Fsp3) is 0.310. The second-order valence-corrected chi connectivity index (χ2v) is 9.05. The van der Waals surface area contributed by atoms with Crippen LogP contribution in [0.1, 0.15) is 30.6 Å². The SMILES string of the molecule is CC[C@@H](C)C(=O)N(C)CCOc1ccc(C(=O)Nc2ccc(/N=N/c3ccc(N(C)C)cc3)cc2)cc1. The van der Waals surface area contributed by atoms with Crippen molar-refractivity contribution in [3.8, 4) is 5.75 Å². The Labute approximate surface area is 219 Å². The molecule has 2 amide bonds. The van der Waals surface area contributed by atoms with Gasteiger partial charge in [-0.25, -0.2) is 0 Å². The predicted octanol–water partition coefficient (Wildman–Crippen LogP) is 6.30. The topological polar surface area (TPSA) is 86.6 Å². The molecule has 3 aromatic rings. The van der Waals surface area contributed by atoms with Crippen LogP contribution in [-0.2, 0) is 4.79 Å². The third-order valence-electron chi connectivity index (χ3n) is 5.99. The molecule has 194 valence electrons. The molecule has 0 unspecified atom stereocenters. The molecule has 8 heteroatoms. The number of ether oxygens (including phenoxy) is 1. The van der Waals surface area contributed by atoms with Gasteiger partial charge in [-0.1, -0.05) is 13.8 Å². The zero-order valence-electron chi connectivity index (χ0n) is 22.1. The molecule has 37 heavy (non-hydrogen) atoms. The van der Waals surface area contributed by atoms with E-state index in [2.05, 4.69) is 15.5 Å². The van der Waals surface area contributed by atoms with Crippen LogP contribution >= 0.6 is 0 Å². The number of carbonyl (C=O) groups is 2. The molecule has 3 aromatic carbocycles. The van der Waals surface area contributed by atoms with Crippen molar-refractivity contribution in [2.24, 2.45) is 16.1 Å². The first kappa shape index (κ1) is 27.4. The minimum absolute atomic E-state index is 0.00886. The van der Waals surface area contributed by atoms with Crippen LogP contribution in [0.5, 0.6) is 5.75 Å². The van der Waals surface area contributed by atoms with Gasteiger partial charge in [-0.05, 0) is 79.2 Å². The standard InChI is InChI=1S/C29H35N5O3/c1-6-21(2)29(36)34(5)19-20-37-27-17-7-22(8-18-27)28(35)30-23-9-11-24(12-10-23)31-32-25-13-15-26(16-14-25)33(3)4/h7-18,21H,6,19-20H2,1-5H3,(H,30,35)/b32-31+/t21-/m1/s1. The van der Waals surface area contributed by atoms with Crippen molar-refractivity contribution in [3.63, 3.8) is 0 Å². The van der Waals surface area contributed by atoms with E-state index in [-0.39, 0.29) is 17.7 Å². The molecule has 0 heterocycles. The van der Waals surface area contributed by atoms with Crippen molar-refractivity contribution in [2.45, 2.75) is 20.3 Å². The first-order chi connectivity index (χ1) is 17.8. The molecule has 1 atom stereocenters. The Morgan fingerprint density at radius 1 is 0.865 bits per heavy atom. The maximum Gasteiger partial charge on any atom is 0.255 e. The zero-order valence-corrected chi connectivity index (χ0v) is 22.1. The van der Waals surface area contributed by atoms with E-state index in [1.807, 2.05) is 57.1 Å². The Bertz CT molecular complexity index is 1190. The summed E-state index contributed by atoms with van der Waals surface area (Å²) in [6, 6.07) is 21.9. The number of carbonyl (C=O) groups excluding carboxylic acids is 2. The highest BCUT2D eigenvalue weighted by atomic mass is 16.5. The van der Waals surface area contributed by atoms with Crippen LogP contribution in [0.4, 0.5) is 22.7 Å². The molecule has 1 N–H and O–H groups in total. The maximum absolute atomic E-state index is 12.6. The number of hydrogen-bond donors (Lipinski definition) is 1. The van der Waals surface area contributed by atoms with Crippen LogP contribution in [0.3, 0.4) is 0 Å². The van der Waals surface area contributed by atoms with Crippen LogP contribution in [0, 0.1) is 5.92 Å². The Kier molecular flexibility index (Phi) is 9.77. The van der Waals surface area contributed by atoms with Gasteiger partial charge in [-0.15, -0.1) is 0 Å². The summed E-state index contributed by atoms with van der Waals surface area (Å²) in [5, 5.41) is 11.4. The molecule has 0 spiro atoms. The maximum atomic E-state index is 12.6. The third kappa shape index (κ3) is 8.17. The minimum atomic E-state index is -0.221. The van der Waals surface area contributed by atoms with E-state index in [4.69, 9.17) is 4.74 Å². The van der Waals surface area contributed by atoms with Gasteiger partial charge in [0.25, 0.3) is 5.91 Å². The number of amides is 2. The lowest BCUT2D eigenvalue weighted by atomic mass is 10.1. The van der Waals surface area contributed by atoms with E-state index in [1.165, 1.54) is 0 Å². The highest BCUT2D eigenvalue weighted by molar-refractivity contribution is 6.04. The van der Waals surface area contributed by atoms with Crippen LogP contribution in [0.15, 0.2) is 83.0 Å². The number of benzene rings is 3. The van der Waals surface area contributed by atoms with E-state index in [0.29, 0.717) is 35.8 Å². The van der Waals surface area contributed by atoms with Crippen molar-refractivity contribution < 1.29 is 14.3 Å². The summed E-state index contributed by atoms with van der Waals surface area (Å²) in [5.74, 6) is 0.548. The number of anilines is 2. The Hall–Kier alpha value is -4.20. The molecule has 0 radical (unpaired) electrons. The first-order valence-corrected chi connectivity index (χ1v) is 12.3. The van der Waals surface area contributed by atoms with Crippen LogP contribution in [0.25, 0.3) is 0 Å². The first-order valence-electron chi connectivity index (χ1n) is 12.3. The molecule has 0 bridgehead atoms. The zero-order chi connectivity index (χ0) is 26.8. The fourth-order valence-electron chi connectivity index (χ4n) is 3.41. The number of nitrogens with one attached hydrogen (secondary N) is 1. The predicted molar refractivity (Wildman–Crippen MR) is 148 cm³/mol. The fourth-order valence-corrected chi connectivity index (χ4v) is 3.41. The van der Waals surface area contributed by atoms with Gasteiger partial charge in [0.15, 0.2) is 0 Å². The van der Waals surface area contributed by atoms with Crippen LogP contribution in [0.2, 0.25) is 0 Å². The summed E-state index contributed by atoms with van der Waals surface area (Å²) >= 11 is 0. The molecule has 0 aliphatic rings. The Morgan fingerprint density at radius 3 is 1.97 bits per heavy atom. The minimum Gasteiger partial charge on any atom is -0.492 e. The van der Waals surface area contributed by atoms with Gasteiger partial charge >= 0.3 is 0 Å². The van der Waals surface area contributed by atoms with Crippen molar-refractivity contribution in [1.29, 1.82) is 0 Å². The van der Waals surface area contributed by atoms with Gasteiger partial charge in [0.1, 0.15) is 12.4 Å². The molecule has 0 aliphatic carbocycles. The molecule has 0 aliphatic heterocycles. The summed E-state index contributed by atoms with van der Waals surface area (Å²) < 4.78 is 5.73. The lowest BCUT2D eigenvalue weighted by Gasteiger charge is -2.20. The quantitative estimate of drug-likeness (QED) is 0.312. The van der Waals surface area contributed by atoms with Crippen molar-refractivity contribution >= 4 is 34.6 Å². The van der Waals surface area contributed by atoms with Gasteiger partial charge < -0.3 is 19.9 Å². The van der Waals surface area contributed by atoms with Crippen molar-refractivity contribution in [2.75, 3.05) is 44.5 Å². The molecular weight excluding hydrogens is 466 g/mol. The van der Waals surface area contributed by atoms with Crippen molar-refractivity contribution in [1.82, 2.24) is 4.90 Å². The molecule has 3 rings (SSSR count). The Balaban J connectivity index is 1.48. The van der Waals surface area contributed by atoms with Crippen molar-refractivity contribution in [3.05, 3.63) is 78.4 Å². The van der Waals surface area contributed by atoms with E-state index >= 15 is 0 Å². The largest absolute Gasteiger partial charge is 0.492 e. The normalized spacial score (nSPS) is 11.7. The summed E-state index contributed by atoms with van der Waals surface area (Å²) in [5.41, 5.74) is 3.73. The van der Waals surface area contributed by atoms with Gasteiger partial charge in [0.2, 0.25) is 5.91 Å². The van der Waals surface area contributed by atoms with E-state index in [1.54, 1.807) is 60.5 Å². The third-order valence-corrected chi connectivity index (χ3v) is 5.99. The summed E-state index contributed by atoms with van der Waals surface area (Å²) in [4.78, 5) is 28.5. The molecule has 8 nitrogen and oxygen atoms in total. The molecule has 0 saturated carbocycles. The van der Waals surface area contributed by atoms with Crippen LogP contribution in [-0.4, -0.2) is 51.0 Å². The van der Waals surface area contributed by atoms with E-state index in [9.17, 15) is 9.59 Å². The Morgan fingerprint density at radius 2 is 1.43 bits per heavy atom. The van der Waals surface area contributed by atoms with Gasteiger partial charge in [-0.3, -0.25) is 9.59 Å². The lowest BCUT2D eigenvalue weighted by Crippen LogP contribution is -2.34. The highest BCUT2D eigenvalue weighted by Crippen LogP contribution is 2.23. The highest BCUT2D eigenvalue weighted by Gasteiger charge is 2.15. The van der Waals surface area contributed by atoms with Gasteiger partial charge in [0, 0.05) is 44.0 Å². The second kappa shape index (κ2) is 13.2. The molecule has 0 fully saturated rings.